The quantitative estimate of drug-likeness (QED) is 0.862. The highest BCUT2D eigenvalue weighted by molar-refractivity contribution is 7.09. The Hall–Kier alpha value is -2.34. The molecule has 110 valence electrons. The van der Waals surface area contributed by atoms with E-state index in [0.29, 0.717) is 17.2 Å². The van der Waals surface area contributed by atoms with Gasteiger partial charge in [0.15, 0.2) is 0 Å². The molecule has 0 saturated heterocycles. The summed E-state index contributed by atoms with van der Waals surface area (Å²) in [5.41, 5.74) is 1.36. The lowest BCUT2D eigenvalue weighted by atomic mass is 10.2. The molecular weight excluding hydrogens is 288 g/mol. The monoisotopic (exact) mass is 304 g/mol. The maximum absolute atomic E-state index is 11.9. The van der Waals surface area contributed by atoms with Crippen molar-refractivity contribution < 1.29 is 14.3 Å². The minimum atomic E-state index is -0.246. The number of amides is 1. The molecule has 0 radical (unpaired) electrons. The van der Waals surface area contributed by atoms with Crippen LogP contribution in [0.25, 0.3) is 6.08 Å². The average Bonchev–Trinajstić information content (AvgIpc) is 2.91. The fourth-order valence-electron chi connectivity index (χ4n) is 1.69. The molecule has 0 atom stereocenters. The van der Waals surface area contributed by atoms with Crippen molar-refractivity contribution in [2.75, 3.05) is 19.5 Å². The second kappa shape index (κ2) is 6.90. The average molecular weight is 304 g/mol. The van der Waals surface area contributed by atoms with Crippen LogP contribution in [0, 0.1) is 6.92 Å². The van der Waals surface area contributed by atoms with E-state index in [4.69, 9.17) is 9.47 Å². The molecule has 2 rings (SSSR count). The summed E-state index contributed by atoms with van der Waals surface area (Å²) >= 11 is 1.54. The Morgan fingerprint density at radius 1 is 1.33 bits per heavy atom. The fourth-order valence-corrected chi connectivity index (χ4v) is 2.27. The summed E-state index contributed by atoms with van der Waals surface area (Å²) in [7, 11) is 3.12. The predicted molar refractivity (Wildman–Crippen MR) is 84.1 cm³/mol. The maximum Gasteiger partial charge on any atom is 0.248 e. The van der Waals surface area contributed by atoms with E-state index in [1.165, 1.54) is 6.08 Å². The van der Waals surface area contributed by atoms with Gasteiger partial charge in [0, 0.05) is 17.5 Å². The summed E-state index contributed by atoms with van der Waals surface area (Å²) in [6, 6.07) is 5.20. The number of aromatic nitrogens is 1. The third-order valence-corrected chi connectivity index (χ3v) is 3.50. The minimum absolute atomic E-state index is 0.246. The van der Waals surface area contributed by atoms with Gasteiger partial charge in [0.2, 0.25) is 5.91 Å². The van der Waals surface area contributed by atoms with E-state index in [2.05, 4.69) is 10.3 Å². The summed E-state index contributed by atoms with van der Waals surface area (Å²) in [6.07, 6.45) is 3.12. The number of hydrogen-bond donors (Lipinski definition) is 1. The van der Waals surface area contributed by atoms with Crippen molar-refractivity contribution in [3.8, 4) is 11.5 Å². The van der Waals surface area contributed by atoms with Crippen LogP contribution in [0.3, 0.4) is 0 Å². The van der Waals surface area contributed by atoms with Crippen LogP contribution < -0.4 is 14.8 Å². The number of thiazole rings is 1. The normalized spacial score (nSPS) is 10.6. The van der Waals surface area contributed by atoms with Gasteiger partial charge in [-0.05, 0) is 25.1 Å². The van der Waals surface area contributed by atoms with Crippen LogP contribution in [-0.4, -0.2) is 25.1 Å². The van der Waals surface area contributed by atoms with Gasteiger partial charge in [-0.3, -0.25) is 4.79 Å². The van der Waals surface area contributed by atoms with Gasteiger partial charge in [0.25, 0.3) is 0 Å². The summed E-state index contributed by atoms with van der Waals surface area (Å²) < 4.78 is 10.3. The summed E-state index contributed by atoms with van der Waals surface area (Å²) in [5.74, 6) is 0.961. The highest BCUT2D eigenvalue weighted by Crippen LogP contribution is 2.28. The number of benzene rings is 1. The van der Waals surface area contributed by atoms with E-state index in [0.717, 1.165) is 10.7 Å². The first-order valence-electron chi connectivity index (χ1n) is 6.25. The molecular formula is C15H16N2O3S. The third kappa shape index (κ3) is 4.06. The molecule has 6 heteroatoms. The maximum atomic E-state index is 11.9. The van der Waals surface area contributed by atoms with E-state index in [1.54, 1.807) is 49.8 Å². The number of ether oxygens (including phenoxy) is 2. The summed E-state index contributed by atoms with van der Waals surface area (Å²) in [6.45, 7) is 1.92. The first-order chi connectivity index (χ1) is 10.1. The minimum Gasteiger partial charge on any atom is -0.497 e. The summed E-state index contributed by atoms with van der Waals surface area (Å²) in [5, 5.41) is 5.62. The Balaban J connectivity index is 2.07. The van der Waals surface area contributed by atoms with Gasteiger partial charge in [-0.15, -0.1) is 11.3 Å². The van der Waals surface area contributed by atoms with Crippen molar-refractivity contribution in [2.24, 2.45) is 0 Å². The molecule has 1 N–H and O–H groups in total. The number of anilines is 1. The lowest BCUT2D eigenvalue weighted by molar-refractivity contribution is -0.111. The molecule has 0 spiro atoms. The smallest absolute Gasteiger partial charge is 0.248 e. The number of aryl methyl sites for hydroxylation is 1. The highest BCUT2D eigenvalue weighted by atomic mass is 32.1. The Bertz CT molecular complexity index is 665. The third-order valence-electron chi connectivity index (χ3n) is 2.71. The molecule has 0 bridgehead atoms. The fraction of sp³-hybridized carbons (Fsp3) is 0.200. The van der Waals surface area contributed by atoms with Gasteiger partial charge in [0.1, 0.15) is 11.5 Å². The number of carbonyl (C=O) groups excluding carboxylic acids is 1. The van der Waals surface area contributed by atoms with Crippen LogP contribution in [0.15, 0.2) is 29.7 Å². The molecule has 0 aliphatic carbocycles. The van der Waals surface area contributed by atoms with Crippen LogP contribution >= 0.6 is 11.3 Å². The van der Waals surface area contributed by atoms with Gasteiger partial charge in [0.05, 0.1) is 30.6 Å². The van der Waals surface area contributed by atoms with Gasteiger partial charge < -0.3 is 14.8 Å². The SMILES string of the molecule is COc1ccc(NC(=O)/C=C/c2csc(C)n2)c(OC)c1. The molecule has 1 amide bonds. The zero-order chi connectivity index (χ0) is 15.2. The molecule has 5 nitrogen and oxygen atoms in total. The molecule has 0 fully saturated rings. The van der Waals surface area contributed by atoms with Crippen molar-refractivity contribution >= 4 is 29.0 Å². The molecule has 1 aromatic heterocycles. The lowest BCUT2D eigenvalue weighted by Crippen LogP contribution is -2.09. The second-order valence-electron chi connectivity index (χ2n) is 4.18. The van der Waals surface area contributed by atoms with Gasteiger partial charge >= 0.3 is 0 Å². The number of nitrogens with zero attached hydrogens (tertiary/aromatic N) is 1. The number of methoxy groups -OCH3 is 2. The Labute approximate surface area is 127 Å². The van der Waals surface area contributed by atoms with Crippen LogP contribution in [0.1, 0.15) is 10.7 Å². The van der Waals surface area contributed by atoms with Crippen molar-refractivity contribution in [3.05, 3.63) is 40.4 Å². The molecule has 0 saturated carbocycles. The second-order valence-corrected chi connectivity index (χ2v) is 5.24. The molecule has 0 aliphatic rings. The molecule has 21 heavy (non-hydrogen) atoms. The van der Waals surface area contributed by atoms with Crippen molar-refractivity contribution in [1.82, 2.24) is 4.98 Å². The standard InChI is InChI=1S/C15H16N2O3S/c1-10-16-11(9-21-10)4-7-15(18)17-13-6-5-12(19-2)8-14(13)20-3/h4-9H,1-3H3,(H,17,18)/b7-4+. The largest absolute Gasteiger partial charge is 0.497 e. The summed E-state index contributed by atoms with van der Waals surface area (Å²) in [4.78, 5) is 16.2. The van der Waals surface area contributed by atoms with E-state index >= 15 is 0 Å². The van der Waals surface area contributed by atoms with E-state index in [-0.39, 0.29) is 5.91 Å². The molecule has 0 unspecified atom stereocenters. The lowest BCUT2D eigenvalue weighted by Gasteiger charge is -2.10. The topological polar surface area (TPSA) is 60.5 Å². The van der Waals surface area contributed by atoms with Crippen molar-refractivity contribution in [2.45, 2.75) is 6.92 Å². The Morgan fingerprint density at radius 2 is 2.14 bits per heavy atom. The van der Waals surface area contributed by atoms with E-state index < -0.39 is 0 Å². The number of rotatable bonds is 5. The number of hydrogen-bond acceptors (Lipinski definition) is 5. The molecule has 2 aromatic rings. The first kappa shape index (κ1) is 15.1. The van der Waals surface area contributed by atoms with Crippen LogP contribution in [-0.2, 0) is 4.79 Å². The van der Waals surface area contributed by atoms with Crippen molar-refractivity contribution in [1.29, 1.82) is 0 Å². The molecule has 1 aromatic carbocycles. The van der Waals surface area contributed by atoms with E-state index in [1.807, 2.05) is 12.3 Å². The van der Waals surface area contributed by atoms with Crippen LogP contribution in [0.2, 0.25) is 0 Å². The predicted octanol–water partition coefficient (Wildman–Crippen LogP) is 3.12. The zero-order valence-corrected chi connectivity index (χ0v) is 12.9. The Morgan fingerprint density at radius 3 is 2.76 bits per heavy atom. The van der Waals surface area contributed by atoms with Gasteiger partial charge in [-0.2, -0.15) is 0 Å². The van der Waals surface area contributed by atoms with E-state index in [9.17, 15) is 4.79 Å². The number of carbonyl (C=O) groups is 1. The van der Waals surface area contributed by atoms with Crippen LogP contribution in [0.5, 0.6) is 11.5 Å². The zero-order valence-electron chi connectivity index (χ0n) is 12.0. The molecule has 1 heterocycles. The Kier molecular flexibility index (Phi) is 4.94. The number of nitrogens with one attached hydrogen (secondary N) is 1. The van der Waals surface area contributed by atoms with Crippen molar-refractivity contribution in [3.63, 3.8) is 0 Å². The highest BCUT2D eigenvalue weighted by Gasteiger charge is 2.07. The first-order valence-corrected chi connectivity index (χ1v) is 7.13. The van der Waals surface area contributed by atoms with Crippen LogP contribution in [0.4, 0.5) is 5.69 Å². The van der Waals surface area contributed by atoms with Gasteiger partial charge in [-0.25, -0.2) is 4.98 Å². The molecule has 0 aliphatic heterocycles. The van der Waals surface area contributed by atoms with Gasteiger partial charge in [-0.1, -0.05) is 0 Å².